The van der Waals surface area contributed by atoms with Gasteiger partial charge in [-0.15, -0.1) is 0 Å². The molecule has 0 spiro atoms. The number of sulfone groups is 1. The van der Waals surface area contributed by atoms with E-state index in [1.54, 1.807) is 31.2 Å². The van der Waals surface area contributed by atoms with Gasteiger partial charge in [-0.3, -0.25) is 4.98 Å². The van der Waals surface area contributed by atoms with E-state index >= 15 is 0 Å². The van der Waals surface area contributed by atoms with Gasteiger partial charge in [-0.1, -0.05) is 18.2 Å². The summed E-state index contributed by atoms with van der Waals surface area (Å²) in [7, 11) is -2.53. The molecule has 20 heavy (non-hydrogen) atoms. The number of rotatable bonds is 4. The summed E-state index contributed by atoms with van der Waals surface area (Å²) < 4.78 is 46.4. The number of nitrogens with zero attached hydrogens (tertiary/aromatic N) is 1. The highest BCUT2D eigenvalue weighted by atomic mass is 35.7. The van der Waals surface area contributed by atoms with Crippen LogP contribution in [0.25, 0.3) is 10.9 Å². The summed E-state index contributed by atoms with van der Waals surface area (Å²) in [6.45, 7) is 1.68. The van der Waals surface area contributed by atoms with Crippen molar-refractivity contribution in [3.05, 3.63) is 36.0 Å². The molecular weight excluding hydrogens is 322 g/mol. The third-order valence-electron chi connectivity index (χ3n) is 2.74. The van der Waals surface area contributed by atoms with Crippen molar-refractivity contribution >= 4 is 40.5 Å². The number of aryl methyl sites for hydroxylation is 1. The molecule has 0 fully saturated rings. The number of hydrogen-bond acceptors (Lipinski definition) is 5. The predicted molar refractivity (Wildman–Crippen MR) is 78.2 cm³/mol. The molecule has 2 rings (SSSR count). The Hall–Kier alpha value is -1.18. The topological polar surface area (TPSA) is 81.2 Å². The Kier molecular flexibility index (Phi) is 4.04. The second-order valence-electron chi connectivity index (χ2n) is 4.34. The third-order valence-corrected chi connectivity index (χ3v) is 5.90. The number of hydrogen-bond donors (Lipinski definition) is 0. The highest BCUT2D eigenvalue weighted by Crippen LogP contribution is 2.24. The van der Waals surface area contributed by atoms with Crippen LogP contribution in [0, 0.1) is 6.92 Å². The molecule has 0 aliphatic carbocycles. The van der Waals surface area contributed by atoms with Gasteiger partial charge in [0.15, 0.2) is 9.84 Å². The first kappa shape index (κ1) is 15.2. The third kappa shape index (κ3) is 3.47. The average Bonchev–Trinajstić information content (AvgIpc) is 2.35. The second-order valence-corrected chi connectivity index (χ2v) is 9.31. The molecule has 0 saturated carbocycles. The van der Waals surface area contributed by atoms with Crippen molar-refractivity contribution < 1.29 is 16.8 Å². The Bertz CT molecular complexity index is 860. The van der Waals surface area contributed by atoms with E-state index in [1.807, 2.05) is 0 Å². The zero-order valence-corrected chi connectivity index (χ0v) is 13.0. The normalized spacial score (nSPS) is 12.7. The van der Waals surface area contributed by atoms with Crippen molar-refractivity contribution in [3.8, 4) is 0 Å². The number of benzene rings is 1. The van der Waals surface area contributed by atoms with Crippen molar-refractivity contribution in [3.63, 3.8) is 0 Å². The summed E-state index contributed by atoms with van der Waals surface area (Å²) in [6.07, 6.45) is 0. The molecular formula is C12H12ClNO4S2. The molecule has 0 bridgehead atoms. The number of para-hydroxylation sites is 1. The molecule has 0 N–H and O–H groups in total. The fourth-order valence-corrected chi connectivity index (χ4v) is 5.16. The minimum absolute atomic E-state index is 0.0842. The fourth-order valence-electron chi connectivity index (χ4n) is 1.85. The minimum Gasteiger partial charge on any atom is -0.253 e. The Morgan fingerprint density at radius 2 is 1.75 bits per heavy atom. The fraction of sp³-hybridized carbons (Fsp3) is 0.250. The zero-order chi connectivity index (χ0) is 15.0. The van der Waals surface area contributed by atoms with Crippen molar-refractivity contribution in [1.82, 2.24) is 4.98 Å². The quantitative estimate of drug-likeness (QED) is 0.798. The van der Waals surface area contributed by atoms with Crippen molar-refractivity contribution in [2.45, 2.75) is 11.8 Å². The Morgan fingerprint density at radius 1 is 1.10 bits per heavy atom. The summed E-state index contributed by atoms with van der Waals surface area (Å²) in [5, 5.41) is 0.477. The van der Waals surface area contributed by atoms with Crippen LogP contribution in [0.2, 0.25) is 0 Å². The maximum atomic E-state index is 12.3. The molecule has 0 aliphatic rings. The van der Waals surface area contributed by atoms with Gasteiger partial charge in [-0.2, -0.15) is 0 Å². The van der Waals surface area contributed by atoms with Crippen LogP contribution in [-0.2, 0) is 18.9 Å². The standard InChI is InChI=1S/C12H12ClNO4S2/c1-9-8-12(10-4-2-3-5-11(10)14-9)19(15,16)6-7-20(13,17)18/h2-5,8H,6-7H2,1H3. The van der Waals surface area contributed by atoms with Crippen LogP contribution in [-0.4, -0.2) is 33.3 Å². The highest BCUT2D eigenvalue weighted by Gasteiger charge is 2.21. The van der Waals surface area contributed by atoms with Gasteiger partial charge < -0.3 is 0 Å². The average molecular weight is 334 g/mol. The molecule has 0 atom stereocenters. The van der Waals surface area contributed by atoms with Gasteiger partial charge in [0, 0.05) is 21.8 Å². The van der Waals surface area contributed by atoms with Gasteiger partial charge in [0.25, 0.3) is 0 Å². The van der Waals surface area contributed by atoms with E-state index in [-0.39, 0.29) is 4.90 Å². The predicted octanol–water partition coefficient (Wildman–Crippen LogP) is 1.89. The Balaban J connectivity index is 2.57. The molecule has 1 heterocycles. The smallest absolute Gasteiger partial charge is 0.233 e. The highest BCUT2D eigenvalue weighted by molar-refractivity contribution is 8.14. The second kappa shape index (κ2) is 5.31. The molecule has 0 aliphatic heterocycles. The summed E-state index contributed by atoms with van der Waals surface area (Å²) in [4.78, 5) is 4.33. The molecule has 5 nitrogen and oxygen atoms in total. The van der Waals surface area contributed by atoms with E-state index in [9.17, 15) is 16.8 Å². The van der Waals surface area contributed by atoms with Crippen LogP contribution in [0.15, 0.2) is 35.2 Å². The Morgan fingerprint density at radius 3 is 2.40 bits per heavy atom. The SMILES string of the molecule is Cc1cc(S(=O)(=O)CCS(=O)(=O)Cl)c2ccccc2n1. The van der Waals surface area contributed by atoms with Crippen LogP contribution in [0.1, 0.15) is 5.69 Å². The summed E-state index contributed by atoms with van der Waals surface area (Å²) in [5.74, 6) is -1.17. The van der Waals surface area contributed by atoms with E-state index in [0.717, 1.165) is 0 Å². The van der Waals surface area contributed by atoms with Crippen molar-refractivity contribution in [1.29, 1.82) is 0 Å². The van der Waals surface area contributed by atoms with Crippen molar-refractivity contribution in [2.24, 2.45) is 0 Å². The van der Waals surface area contributed by atoms with Gasteiger partial charge in [-0.05, 0) is 19.1 Å². The summed E-state index contributed by atoms with van der Waals surface area (Å²) in [6, 6.07) is 8.26. The van der Waals surface area contributed by atoms with Gasteiger partial charge >= 0.3 is 0 Å². The van der Waals surface area contributed by atoms with Crippen LogP contribution < -0.4 is 0 Å². The van der Waals surface area contributed by atoms with Gasteiger partial charge in [-0.25, -0.2) is 16.8 Å². The first-order valence-corrected chi connectivity index (χ1v) is 9.84. The number of aromatic nitrogens is 1. The van der Waals surface area contributed by atoms with E-state index in [0.29, 0.717) is 16.6 Å². The van der Waals surface area contributed by atoms with E-state index in [1.165, 1.54) is 6.07 Å². The maximum Gasteiger partial charge on any atom is 0.233 e. The molecule has 1 aromatic carbocycles. The maximum absolute atomic E-state index is 12.3. The number of halogens is 1. The first-order chi connectivity index (χ1) is 9.19. The van der Waals surface area contributed by atoms with Crippen LogP contribution >= 0.6 is 10.7 Å². The summed E-state index contributed by atoms with van der Waals surface area (Å²) in [5.41, 5.74) is 1.11. The van der Waals surface area contributed by atoms with Crippen LogP contribution in [0.5, 0.6) is 0 Å². The molecule has 0 radical (unpaired) electrons. The van der Waals surface area contributed by atoms with Gasteiger partial charge in [0.05, 0.1) is 21.9 Å². The van der Waals surface area contributed by atoms with Crippen LogP contribution in [0.4, 0.5) is 0 Å². The van der Waals surface area contributed by atoms with E-state index in [2.05, 4.69) is 4.98 Å². The molecule has 1 aromatic heterocycles. The van der Waals surface area contributed by atoms with E-state index < -0.39 is 30.4 Å². The lowest BCUT2D eigenvalue weighted by molar-refractivity contribution is 0.593. The molecule has 0 saturated heterocycles. The lowest BCUT2D eigenvalue weighted by atomic mass is 10.2. The lowest BCUT2D eigenvalue weighted by Gasteiger charge is -2.08. The number of fused-ring (bicyclic) bond motifs is 1. The molecule has 108 valence electrons. The van der Waals surface area contributed by atoms with Crippen LogP contribution in [0.3, 0.4) is 0 Å². The van der Waals surface area contributed by atoms with Gasteiger partial charge in [0.2, 0.25) is 9.05 Å². The first-order valence-electron chi connectivity index (χ1n) is 5.70. The van der Waals surface area contributed by atoms with Gasteiger partial charge in [0.1, 0.15) is 0 Å². The van der Waals surface area contributed by atoms with E-state index in [4.69, 9.17) is 10.7 Å². The molecule has 0 unspecified atom stereocenters. The monoisotopic (exact) mass is 333 g/mol. The summed E-state index contributed by atoms with van der Waals surface area (Å²) >= 11 is 0. The molecule has 8 heteroatoms. The molecule has 2 aromatic rings. The largest absolute Gasteiger partial charge is 0.253 e. The Labute approximate surface area is 121 Å². The lowest BCUT2D eigenvalue weighted by Crippen LogP contribution is -2.15. The minimum atomic E-state index is -3.85. The zero-order valence-electron chi connectivity index (χ0n) is 10.6. The van der Waals surface area contributed by atoms with Crippen molar-refractivity contribution in [2.75, 3.05) is 11.5 Å². The number of pyridine rings is 1. The molecule has 0 amide bonds.